The normalized spacial score (nSPS) is 13.5. The molecule has 1 aromatic heterocycles. The number of hydrogen-bond acceptors (Lipinski definition) is 3. The molecule has 1 aromatic carbocycles. The van der Waals surface area contributed by atoms with E-state index in [0.29, 0.717) is 12.1 Å². The Morgan fingerprint density at radius 3 is 2.57 bits per heavy atom. The number of carbonyl (C=O) groups excluding carboxylic acids is 1. The molecule has 23 heavy (non-hydrogen) atoms. The van der Waals surface area contributed by atoms with Crippen molar-refractivity contribution >= 4 is 18.2 Å². The highest BCUT2D eigenvalue weighted by Gasteiger charge is 2.25. The standard InChI is InChI=1S/C18H23N3O.ClH/c1-20(2)13-12-17(22)18-15-10-6-7-11-16(15)21(19-18)14-8-4-3-5-9-14;/h3-5,8-9H,6-7,10-13H2,1-2H3;1H. The van der Waals surface area contributed by atoms with Crippen LogP contribution in [0.5, 0.6) is 0 Å². The van der Waals surface area contributed by atoms with Crippen LogP contribution in [0.3, 0.4) is 0 Å². The Kier molecular flexibility index (Phi) is 5.97. The van der Waals surface area contributed by atoms with Gasteiger partial charge in [0.15, 0.2) is 5.78 Å². The molecule has 0 saturated carbocycles. The van der Waals surface area contributed by atoms with E-state index in [9.17, 15) is 4.79 Å². The van der Waals surface area contributed by atoms with Crippen molar-refractivity contribution in [1.29, 1.82) is 0 Å². The quantitative estimate of drug-likeness (QED) is 0.788. The fourth-order valence-corrected chi connectivity index (χ4v) is 3.05. The van der Waals surface area contributed by atoms with Gasteiger partial charge in [0, 0.05) is 24.2 Å². The second-order valence-corrected chi connectivity index (χ2v) is 6.20. The van der Waals surface area contributed by atoms with Crippen molar-refractivity contribution in [3.05, 3.63) is 47.3 Å². The Morgan fingerprint density at radius 2 is 1.87 bits per heavy atom. The van der Waals surface area contributed by atoms with Gasteiger partial charge in [0.05, 0.1) is 5.69 Å². The minimum absolute atomic E-state index is 0. The molecule has 0 atom stereocenters. The number of para-hydroxylation sites is 1. The first-order chi connectivity index (χ1) is 10.7. The first-order valence-corrected chi connectivity index (χ1v) is 8.01. The Balaban J connectivity index is 0.00000192. The molecule has 0 aliphatic heterocycles. The highest BCUT2D eigenvalue weighted by Crippen LogP contribution is 2.27. The summed E-state index contributed by atoms with van der Waals surface area (Å²) >= 11 is 0. The molecule has 0 saturated heterocycles. The lowest BCUT2D eigenvalue weighted by Crippen LogP contribution is -2.17. The molecule has 0 bridgehead atoms. The SMILES string of the molecule is CN(C)CCC(=O)c1nn(-c2ccccc2)c2c1CCCC2.Cl. The molecule has 1 aliphatic carbocycles. The third-order valence-corrected chi connectivity index (χ3v) is 4.23. The summed E-state index contributed by atoms with van der Waals surface area (Å²) in [5, 5.41) is 4.69. The van der Waals surface area contributed by atoms with E-state index < -0.39 is 0 Å². The molecular formula is C18H24ClN3O. The summed E-state index contributed by atoms with van der Waals surface area (Å²) < 4.78 is 1.98. The monoisotopic (exact) mass is 333 g/mol. The number of Topliss-reactive ketones (excluding diaryl/α,β-unsaturated/α-hetero) is 1. The van der Waals surface area contributed by atoms with Gasteiger partial charge in [-0.2, -0.15) is 5.10 Å². The van der Waals surface area contributed by atoms with Crippen LogP contribution in [0.25, 0.3) is 5.69 Å². The Hall–Kier alpha value is -1.65. The molecule has 0 amide bonds. The van der Waals surface area contributed by atoms with Gasteiger partial charge in [0.25, 0.3) is 0 Å². The zero-order chi connectivity index (χ0) is 15.5. The van der Waals surface area contributed by atoms with Crippen molar-refractivity contribution < 1.29 is 4.79 Å². The second-order valence-electron chi connectivity index (χ2n) is 6.20. The van der Waals surface area contributed by atoms with Crippen molar-refractivity contribution in [2.75, 3.05) is 20.6 Å². The summed E-state index contributed by atoms with van der Waals surface area (Å²) in [7, 11) is 3.98. The molecule has 2 aromatic rings. The minimum atomic E-state index is 0. The largest absolute Gasteiger partial charge is 0.309 e. The average molecular weight is 334 g/mol. The van der Waals surface area contributed by atoms with Gasteiger partial charge in [0.2, 0.25) is 0 Å². The predicted octanol–water partition coefficient (Wildman–Crippen LogP) is 3.31. The van der Waals surface area contributed by atoms with E-state index in [2.05, 4.69) is 17.2 Å². The van der Waals surface area contributed by atoms with Gasteiger partial charge < -0.3 is 4.90 Å². The van der Waals surface area contributed by atoms with Gasteiger partial charge in [-0.3, -0.25) is 4.79 Å². The average Bonchev–Trinajstić information content (AvgIpc) is 2.93. The number of aromatic nitrogens is 2. The molecule has 5 heteroatoms. The van der Waals surface area contributed by atoms with Crippen LogP contribution in [0.2, 0.25) is 0 Å². The summed E-state index contributed by atoms with van der Waals surface area (Å²) in [6, 6.07) is 10.1. The summed E-state index contributed by atoms with van der Waals surface area (Å²) in [6.07, 6.45) is 4.85. The van der Waals surface area contributed by atoms with Crippen LogP contribution >= 0.6 is 12.4 Å². The maximum Gasteiger partial charge on any atom is 0.184 e. The first-order valence-electron chi connectivity index (χ1n) is 8.01. The van der Waals surface area contributed by atoms with E-state index in [0.717, 1.165) is 31.5 Å². The molecular weight excluding hydrogens is 310 g/mol. The highest BCUT2D eigenvalue weighted by atomic mass is 35.5. The number of hydrogen-bond donors (Lipinski definition) is 0. The second kappa shape index (κ2) is 7.75. The fraction of sp³-hybridized carbons (Fsp3) is 0.444. The van der Waals surface area contributed by atoms with E-state index >= 15 is 0 Å². The Bertz CT molecular complexity index is 664. The zero-order valence-corrected chi connectivity index (χ0v) is 14.6. The van der Waals surface area contributed by atoms with Crippen molar-refractivity contribution in [1.82, 2.24) is 14.7 Å². The predicted molar refractivity (Wildman–Crippen MR) is 95.0 cm³/mol. The number of nitrogens with zero attached hydrogens (tertiary/aromatic N) is 3. The van der Waals surface area contributed by atoms with Crippen molar-refractivity contribution in [3.8, 4) is 5.69 Å². The lowest BCUT2D eigenvalue weighted by molar-refractivity contribution is 0.0966. The molecule has 0 radical (unpaired) electrons. The van der Waals surface area contributed by atoms with Gasteiger partial charge in [-0.25, -0.2) is 4.68 Å². The first kappa shape index (κ1) is 17.7. The molecule has 0 spiro atoms. The third kappa shape index (κ3) is 3.82. The van der Waals surface area contributed by atoms with E-state index in [-0.39, 0.29) is 18.2 Å². The van der Waals surface area contributed by atoms with Crippen LogP contribution in [0, 0.1) is 0 Å². The fourth-order valence-electron chi connectivity index (χ4n) is 3.05. The van der Waals surface area contributed by atoms with Gasteiger partial charge in [-0.05, 0) is 51.9 Å². The van der Waals surface area contributed by atoms with Crippen molar-refractivity contribution in [2.45, 2.75) is 32.1 Å². The number of ketones is 1. The molecule has 1 aliphatic rings. The number of benzene rings is 1. The number of fused-ring (bicyclic) bond motifs is 1. The Morgan fingerprint density at radius 1 is 1.17 bits per heavy atom. The van der Waals surface area contributed by atoms with Gasteiger partial charge >= 0.3 is 0 Å². The topological polar surface area (TPSA) is 38.1 Å². The van der Waals surface area contributed by atoms with Crippen LogP contribution in [0.15, 0.2) is 30.3 Å². The number of halogens is 1. The van der Waals surface area contributed by atoms with Gasteiger partial charge in [0.1, 0.15) is 5.69 Å². The summed E-state index contributed by atoms with van der Waals surface area (Å²) in [4.78, 5) is 14.6. The van der Waals surface area contributed by atoms with Crippen LogP contribution in [-0.2, 0) is 12.8 Å². The molecule has 3 rings (SSSR count). The van der Waals surface area contributed by atoms with E-state index in [1.165, 1.54) is 17.7 Å². The van der Waals surface area contributed by atoms with E-state index in [4.69, 9.17) is 0 Å². The smallest absolute Gasteiger partial charge is 0.184 e. The van der Waals surface area contributed by atoms with Crippen LogP contribution < -0.4 is 0 Å². The van der Waals surface area contributed by atoms with Gasteiger partial charge in [-0.1, -0.05) is 18.2 Å². The molecule has 0 fully saturated rings. The Labute approximate surface area is 143 Å². The molecule has 1 heterocycles. The van der Waals surface area contributed by atoms with Crippen molar-refractivity contribution in [2.24, 2.45) is 0 Å². The molecule has 0 N–H and O–H groups in total. The maximum absolute atomic E-state index is 12.6. The molecule has 124 valence electrons. The molecule has 4 nitrogen and oxygen atoms in total. The number of rotatable bonds is 5. The van der Waals surface area contributed by atoms with E-state index in [1.54, 1.807) is 0 Å². The number of carbonyl (C=O) groups is 1. The zero-order valence-electron chi connectivity index (χ0n) is 13.8. The summed E-state index contributed by atoms with van der Waals surface area (Å²) in [5.41, 5.74) is 4.15. The lowest BCUT2D eigenvalue weighted by atomic mass is 9.94. The molecule has 0 unspecified atom stereocenters. The third-order valence-electron chi connectivity index (χ3n) is 4.23. The van der Waals surface area contributed by atoms with Gasteiger partial charge in [-0.15, -0.1) is 12.4 Å². The van der Waals surface area contributed by atoms with Crippen LogP contribution in [0.1, 0.15) is 41.0 Å². The maximum atomic E-state index is 12.6. The van der Waals surface area contributed by atoms with Crippen molar-refractivity contribution in [3.63, 3.8) is 0 Å². The van der Waals surface area contributed by atoms with E-state index in [1.807, 2.05) is 41.9 Å². The minimum Gasteiger partial charge on any atom is -0.309 e. The van der Waals surface area contributed by atoms with Crippen LogP contribution in [0.4, 0.5) is 0 Å². The lowest BCUT2D eigenvalue weighted by Gasteiger charge is -2.14. The summed E-state index contributed by atoms with van der Waals surface area (Å²) in [5.74, 6) is 0.168. The van der Waals surface area contributed by atoms with Crippen LogP contribution in [-0.4, -0.2) is 41.1 Å². The summed E-state index contributed by atoms with van der Waals surface area (Å²) in [6.45, 7) is 0.770. The highest BCUT2D eigenvalue weighted by molar-refractivity contribution is 5.96.